The lowest BCUT2D eigenvalue weighted by Crippen LogP contribution is -2.44. The fourth-order valence-electron chi connectivity index (χ4n) is 3.51. The van der Waals surface area contributed by atoms with Gasteiger partial charge in [0.05, 0.1) is 24.2 Å². The quantitative estimate of drug-likeness (QED) is 0.790. The maximum absolute atomic E-state index is 12.9. The van der Waals surface area contributed by atoms with Crippen molar-refractivity contribution in [1.82, 2.24) is 4.31 Å². The summed E-state index contributed by atoms with van der Waals surface area (Å²) < 4.78 is 27.2. The fraction of sp³-hybridized carbons (Fsp3) is 0.364. The molecule has 0 aromatic heterocycles. The Labute approximate surface area is 172 Å². The van der Waals surface area contributed by atoms with E-state index in [4.69, 9.17) is 5.26 Å². The molecule has 1 amide bonds. The van der Waals surface area contributed by atoms with Crippen LogP contribution < -0.4 is 5.32 Å². The number of carbonyl (C=O) groups excluding carboxylic acids is 1. The van der Waals surface area contributed by atoms with Crippen molar-refractivity contribution in [1.29, 1.82) is 5.26 Å². The van der Waals surface area contributed by atoms with Crippen molar-refractivity contribution in [3.63, 3.8) is 0 Å². The number of sulfonamides is 1. The van der Waals surface area contributed by atoms with Gasteiger partial charge in [-0.15, -0.1) is 0 Å². The SMILES string of the molecule is Cc1ccccc1CS(=O)(=O)N1CCCC(C(=O)Nc2ccc(CC#N)cc2)C1. The molecule has 0 aliphatic carbocycles. The number of hydrogen-bond acceptors (Lipinski definition) is 4. The first-order valence-corrected chi connectivity index (χ1v) is 11.3. The molecule has 1 heterocycles. The third-order valence-corrected chi connectivity index (χ3v) is 7.05. The summed E-state index contributed by atoms with van der Waals surface area (Å²) in [6.45, 7) is 2.55. The van der Waals surface area contributed by atoms with Gasteiger partial charge in [0.1, 0.15) is 0 Å². The van der Waals surface area contributed by atoms with Crippen molar-refractivity contribution in [2.75, 3.05) is 18.4 Å². The molecule has 3 rings (SSSR count). The zero-order valence-corrected chi connectivity index (χ0v) is 17.3. The predicted molar refractivity (Wildman–Crippen MR) is 112 cm³/mol. The smallest absolute Gasteiger partial charge is 0.228 e. The van der Waals surface area contributed by atoms with E-state index in [0.717, 1.165) is 16.7 Å². The number of piperidine rings is 1. The van der Waals surface area contributed by atoms with E-state index in [1.807, 2.05) is 31.2 Å². The van der Waals surface area contributed by atoms with Crippen LogP contribution in [0.15, 0.2) is 48.5 Å². The molecule has 1 N–H and O–H groups in total. The minimum Gasteiger partial charge on any atom is -0.326 e. The maximum atomic E-state index is 12.9. The molecule has 152 valence electrons. The summed E-state index contributed by atoms with van der Waals surface area (Å²) in [5.41, 5.74) is 3.27. The molecular weight excluding hydrogens is 386 g/mol. The molecule has 0 spiro atoms. The minimum absolute atomic E-state index is 0.0473. The topological polar surface area (TPSA) is 90.3 Å². The lowest BCUT2D eigenvalue weighted by Gasteiger charge is -2.31. The second-order valence-corrected chi connectivity index (χ2v) is 9.37. The Kier molecular flexibility index (Phi) is 6.68. The van der Waals surface area contributed by atoms with Gasteiger partial charge in [0.25, 0.3) is 0 Å². The number of aryl methyl sites for hydroxylation is 1. The average molecular weight is 412 g/mol. The molecule has 1 atom stereocenters. The second kappa shape index (κ2) is 9.21. The Hall–Kier alpha value is -2.69. The lowest BCUT2D eigenvalue weighted by atomic mass is 9.98. The standard InChI is InChI=1S/C22H25N3O3S/c1-17-5-2-3-6-20(17)16-29(27,28)25-14-4-7-19(15-25)22(26)24-21-10-8-18(9-11-21)12-13-23/h2-3,5-6,8-11,19H,4,7,12,14-16H2,1H3,(H,24,26). The van der Waals surface area contributed by atoms with Crippen LogP contribution in [0.1, 0.15) is 29.5 Å². The van der Waals surface area contributed by atoms with Crippen LogP contribution in [-0.2, 0) is 27.0 Å². The molecule has 6 nitrogen and oxygen atoms in total. The number of nitrogens with one attached hydrogen (secondary N) is 1. The van der Waals surface area contributed by atoms with E-state index < -0.39 is 10.0 Å². The van der Waals surface area contributed by atoms with Crippen LogP contribution in [0.25, 0.3) is 0 Å². The first-order valence-electron chi connectivity index (χ1n) is 9.68. The summed E-state index contributed by atoms with van der Waals surface area (Å²) in [5, 5.41) is 11.6. The van der Waals surface area contributed by atoms with Gasteiger partial charge in [0, 0.05) is 18.8 Å². The molecule has 1 fully saturated rings. The Morgan fingerprint density at radius 2 is 1.93 bits per heavy atom. The molecule has 0 radical (unpaired) electrons. The third-order valence-electron chi connectivity index (χ3n) is 5.25. The van der Waals surface area contributed by atoms with Crippen molar-refractivity contribution >= 4 is 21.6 Å². The highest BCUT2D eigenvalue weighted by molar-refractivity contribution is 7.88. The van der Waals surface area contributed by atoms with E-state index in [2.05, 4.69) is 11.4 Å². The van der Waals surface area contributed by atoms with E-state index in [0.29, 0.717) is 31.5 Å². The molecule has 1 saturated heterocycles. The van der Waals surface area contributed by atoms with Crippen LogP contribution in [-0.4, -0.2) is 31.7 Å². The molecule has 0 saturated carbocycles. The fourth-order valence-corrected chi connectivity index (χ4v) is 5.22. The molecule has 1 aliphatic rings. The van der Waals surface area contributed by atoms with Gasteiger partial charge in [-0.25, -0.2) is 12.7 Å². The minimum atomic E-state index is -3.49. The Morgan fingerprint density at radius 3 is 2.62 bits per heavy atom. The van der Waals surface area contributed by atoms with Gasteiger partial charge in [-0.3, -0.25) is 4.79 Å². The summed E-state index contributed by atoms with van der Waals surface area (Å²) in [6, 6.07) is 16.7. The number of nitriles is 1. The Balaban J connectivity index is 1.64. The highest BCUT2D eigenvalue weighted by Crippen LogP contribution is 2.24. The van der Waals surface area contributed by atoms with E-state index in [-0.39, 0.29) is 24.1 Å². The Bertz CT molecular complexity index is 1010. The highest BCUT2D eigenvalue weighted by atomic mass is 32.2. The zero-order chi connectivity index (χ0) is 20.9. The number of nitrogens with zero attached hydrogens (tertiary/aromatic N) is 2. The van der Waals surface area contributed by atoms with E-state index >= 15 is 0 Å². The number of benzene rings is 2. The Morgan fingerprint density at radius 1 is 1.21 bits per heavy atom. The van der Waals surface area contributed by atoms with Crippen LogP contribution in [0.5, 0.6) is 0 Å². The van der Waals surface area contributed by atoms with Crippen molar-refractivity contribution in [2.24, 2.45) is 5.92 Å². The first kappa shape index (κ1) is 21.0. The molecule has 1 unspecified atom stereocenters. The molecule has 7 heteroatoms. The molecule has 2 aromatic rings. The monoisotopic (exact) mass is 411 g/mol. The van der Waals surface area contributed by atoms with Gasteiger partial charge in [-0.1, -0.05) is 36.4 Å². The molecule has 0 bridgehead atoms. The number of hydrogen-bond donors (Lipinski definition) is 1. The van der Waals surface area contributed by atoms with Crippen molar-refractivity contribution in [2.45, 2.75) is 31.9 Å². The van der Waals surface area contributed by atoms with Gasteiger partial charge in [-0.2, -0.15) is 5.26 Å². The molecule has 1 aliphatic heterocycles. The number of carbonyl (C=O) groups is 1. The normalized spacial score (nSPS) is 17.4. The predicted octanol–water partition coefficient (Wildman–Crippen LogP) is 3.24. The summed E-state index contributed by atoms with van der Waals surface area (Å²) in [7, 11) is -3.49. The molecule has 29 heavy (non-hydrogen) atoms. The van der Waals surface area contributed by atoms with Gasteiger partial charge < -0.3 is 5.32 Å². The van der Waals surface area contributed by atoms with E-state index in [1.165, 1.54) is 4.31 Å². The summed E-state index contributed by atoms with van der Waals surface area (Å²) in [6.07, 6.45) is 1.64. The van der Waals surface area contributed by atoms with Crippen LogP contribution in [0, 0.1) is 24.2 Å². The third kappa shape index (κ3) is 5.43. The number of anilines is 1. The molecular formula is C22H25N3O3S. The lowest BCUT2D eigenvalue weighted by molar-refractivity contribution is -0.120. The van der Waals surface area contributed by atoms with Crippen molar-refractivity contribution in [3.8, 4) is 6.07 Å². The first-order chi connectivity index (χ1) is 13.9. The number of rotatable bonds is 6. The maximum Gasteiger partial charge on any atom is 0.228 e. The average Bonchev–Trinajstić information content (AvgIpc) is 2.71. The second-order valence-electron chi connectivity index (χ2n) is 7.40. The van der Waals surface area contributed by atoms with Gasteiger partial charge >= 0.3 is 0 Å². The summed E-state index contributed by atoms with van der Waals surface area (Å²) in [5.74, 6) is -0.600. The van der Waals surface area contributed by atoms with Gasteiger partial charge in [0.2, 0.25) is 15.9 Å². The highest BCUT2D eigenvalue weighted by Gasteiger charge is 2.32. The number of amides is 1. The molecule has 2 aromatic carbocycles. The summed E-state index contributed by atoms with van der Waals surface area (Å²) >= 11 is 0. The zero-order valence-electron chi connectivity index (χ0n) is 16.5. The van der Waals surface area contributed by atoms with Crippen LogP contribution in [0.2, 0.25) is 0 Å². The van der Waals surface area contributed by atoms with E-state index in [9.17, 15) is 13.2 Å². The van der Waals surface area contributed by atoms with E-state index in [1.54, 1.807) is 24.3 Å². The van der Waals surface area contributed by atoms with Crippen LogP contribution in [0.4, 0.5) is 5.69 Å². The largest absolute Gasteiger partial charge is 0.326 e. The van der Waals surface area contributed by atoms with Gasteiger partial charge in [0.15, 0.2) is 0 Å². The van der Waals surface area contributed by atoms with Crippen LogP contribution in [0.3, 0.4) is 0 Å². The van der Waals surface area contributed by atoms with Gasteiger partial charge in [-0.05, 0) is 48.6 Å². The van der Waals surface area contributed by atoms with Crippen molar-refractivity contribution in [3.05, 3.63) is 65.2 Å². The van der Waals surface area contributed by atoms with Crippen LogP contribution >= 0.6 is 0 Å². The summed E-state index contributed by atoms with van der Waals surface area (Å²) in [4.78, 5) is 12.7. The van der Waals surface area contributed by atoms with Crippen molar-refractivity contribution < 1.29 is 13.2 Å².